The molecule has 0 saturated heterocycles. The molecule has 0 bridgehead atoms. The smallest absolute Gasteiger partial charge is 0.374 e. The summed E-state index contributed by atoms with van der Waals surface area (Å²) in [6.45, 7) is 5.48. The summed E-state index contributed by atoms with van der Waals surface area (Å²) in [5.41, 5.74) is 1.10. The van der Waals surface area contributed by atoms with Crippen LogP contribution in [0.15, 0.2) is 24.3 Å². The molecular formula is C12H18N4O2. The van der Waals surface area contributed by atoms with Crippen LogP contribution in [0.1, 0.15) is 31.4 Å². The first-order valence-corrected chi connectivity index (χ1v) is 5.47. The number of carbonyl (C=O) groups is 1. The van der Waals surface area contributed by atoms with Gasteiger partial charge in [-0.1, -0.05) is 12.1 Å². The summed E-state index contributed by atoms with van der Waals surface area (Å²) in [6, 6.07) is 7.48. The van der Waals surface area contributed by atoms with Crippen LogP contribution in [0.3, 0.4) is 0 Å². The Morgan fingerprint density at radius 2 is 1.89 bits per heavy atom. The highest BCUT2D eigenvalue weighted by atomic mass is 16.6. The van der Waals surface area contributed by atoms with E-state index in [9.17, 15) is 4.79 Å². The Balaban J connectivity index is 0.000000771. The number of aromatic amines is 1. The van der Waals surface area contributed by atoms with Gasteiger partial charge in [-0.15, -0.1) is 0 Å². The minimum atomic E-state index is -0.504. The number of H-pyrrole nitrogens is 1. The van der Waals surface area contributed by atoms with Crippen LogP contribution in [0.5, 0.6) is 0 Å². The predicted molar refractivity (Wildman–Crippen MR) is 69.6 cm³/mol. The summed E-state index contributed by atoms with van der Waals surface area (Å²) in [4.78, 5) is 18.8. The monoisotopic (exact) mass is 250 g/mol. The standard InChI is InChI=1S/C12H14N2O2.H4N2/c1-12(2,3)16-11(15)10-13-8-6-4-5-7-9(8)14-10;1-2/h4-7H,1-3H3,(H,13,14);1-2H2. The van der Waals surface area contributed by atoms with Gasteiger partial charge in [-0.2, -0.15) is 0 Å². The lowest BCUT2D eigenvalue weighted by Crippen LogP contribution is -2.24. The zero-order chi connectivity index (χ0) is 13.8. The number of hydrazine groups is 1. The van der Waals surface area contributed by atoms with Crippen molar-refractivity contribution in [2.45, 2.75) is 26.4 Å². The maximum Gasteiger partial charge on any atom is 0.374 e. The fourth-order valence-electron chi connectivity index (χ4n) is 1.38. The number of para-hydroxylation sites is 2. The van der Waals surface area contributed by atoms with Crippen LogP contribution < -0.4 is 11.7 Å². The zero-order valence-electron chi connectivity index (χ0n) is 10.7. The molecule has 2 rings (SSSR count). The fourth-order valence-corrected chi connectivity index (χ4v) is 1.38. The lowest BCUT2D eigenvalue weighted by Gasteiger charge is -2.18. The van der Waals surface area contributed by atoms with Crippen molar-refractivity contribution in [3.05, 3.63) is 30.1 Å². The van der Waals surface area contributed by atoms with E-state index in [0.717, 1.165) is 11.0 Å². The molecule has 1 aromatic carbocycles. The number of ether oxygens (including phenoxy) is 1. The Hall–Kier alpha value is -1.92. The number of carbonyl (C=O) groups excluding carboxylic acids is 1. The van der Waals surface area contributed by atoms with E-state index >= 15 is 0 Å². The first-order valence-electron chi connectivity index (χ1n) is 5.47. The number of benzene rings is 1. The van der Waals surface area contributed by atoms with Gasteiger partial charge in [0.2, 0.25) is 5.82 Å². The van der Waals surface area contributed by atoms with Crippen molar-refractivity contribution in [3.8, 4) is 0 Å². The average Bonchev–Trinajstić information content (AvgIpc) is 2.73. The van der Waals surface area contributed by atoms with E-state index in [2.05, 4.69) is 21.7 Å². The molecule has 0 radical (unpaired) electrons. The first-order chi connectivity index (χ1) is 8.46. The number of aromatic nitrogens is 2. The molecule has 0 fully saturated rings. The van der Waals surface area contributed by atoms with Gasteiger partial charge in [0.25, 0.3) is 0 Å². The summed E-state index contributed by atoms with van der Waals surface area (Å²) < 4.78 is 5.22. The van der Waals surface area contributed by atoms with Gasteiger partial charge in [0.05, 0.1) is 11.0 Å². The van der Waals surface area contributed by atoms with Gasteiger partial charge in [-0.25, -0.2) is 9.78 Å². The minimum Gasteiger partial charge on any atom is -0.454 e. The molecule has 0 aliphatic heterocycles. The largest absolute Gasteiger partial charge is 0.454 e. The van der Waals surface area contributed by atoms with Crippen molar-refractivity contribution in [2.24, 2.45) is 11.7 Å². The van der Waals surface area contributed by atoms with E-state index < -0.39 is 11.6 Å². The maximum absolute atomic E-state index is 11.7. The van der Waals surface area contributed by atoms with Gasteiger partial charge in [0, 0.05) is 0 Å². The molecule has 0 aliphatic carbocycles. The second kappa shape index (κ2) is 5.61. The molecule has 6 nitrogen and oxygen atoms in total. The highest BCUT2D eigenvalue weighted by molar-refractivity contribution is 5.90. The number of nitrogens with one attached hydrogen (secondary N) is 1. The Kier molecular flexibility index (Phi) is 4.41. The maximum atomic E-state index is 11.7. The third-order valence-electron chi connectivity index (χ3n) is 1.98. The summed E-state index contributed by atoms with van der Waals surface area (Å²) >= 11 is 0. The van der Waals surface area contributed by atoms with Crippen LogP contribution in [0.4, 0.5) is 0 Å². The number of rotatable bonds is 1. The number of hydrogen-bond donors (Lipinski definition) is 3. The molecule has 0 spiro atoms. The van der Waals surface area contributed by atoms with Crippen LogP contribution >= 0.6 is 0 Å². The summed E-state index contributed by atoms with van der Waals surface area (Å²) in [5, 5.41) is 0. The summed E-state index contributed by atoms with van der Waals surface area (Å²) in [5.74, 6) is 7.82. The molecule has 2 aromatic rings. The second-order valence-electron chi connectivity index (χ2n) is 4.60. The molecule has 98 valence electrons. The van der Waals surface area contributed by atoms with Gasteiger partial charge >= 0.3 is 5.97 Å². The Morgan fingerprint density at radius 3 is 2.44 bits per heavy atom. The van der Waals surface area contributed by atoms with Crippen LogP contribution in [-0.4, -0.2) is 21.5 Å². The highest BCUT2D eigenvalue weighted by Gasteiger charge is 2.20. The third-order valence-corrected chi connectivity index (χ3v) is 1.98. The molecule has 0 atom stereocenters. The van der Waals surface area contributed by atoms with Gasteiger partial charge < -0.3 is 9.72 Å². The molecule has 0 saturated carbocycles. The zero-order valence-corrected chi connectivity index (χ0v) is 10.7. The van der Waals surface area contributed by atoms with Gasteiger partial charge in [0.1, 0.15) is 5.60 Å². The van der Waals surface area contributed by atoms with Crippen molar-refractivity contribution in [2.75, 3.05) is 0 Å². The molecule has 18 heavy (non-hydrogen) atoms. The molecular weight excluding hydrogens is 232 g/mol. The van der Waals surface area contributed by atoms with Crippen molar-refractivity contribution >= 4 is 17.0 Å². The number of nitrogens with two attached hydrogens (primary N) is 2. The number of fused-ring (bicyclic) bond motifs is 1. The van der Waals surface area contributed by atoms with E-state index in [4.69, 9.17) is 4.74 Å². The van der Waals surface area contributed by atoms with Gasteiger partial charge in [0.15, 0.2) is 0 Å². The van der Waals surface area contributed by atoms with Crippen LogP contribution in [-0.2, 0) is 4.74 Å². The topological polar surface area (TPSA) is 107 Å². The molecule has 0 unspecified atom stereocenters. The Morgan fingerprint density at radius 1 is 1.28 bits per heavy atom. The van der Waals surface area contributed by atoms with Gasteiger partial charge in [-0.05, 0) is 32.9 Å². The molecule has 0 amide bonds. The van der Waals surface area contributed by atoms with Crippen molar-refractivity contribution in [1.82, 2.24) is 9.97 Å². The van der Waals surface area contributed by atoms with Crippen LogP contribution in [0, 0.1) is 0 Å². The van der Waals surface area contributed by atoms with Gasteiger partial charge in [-0.3, -0.25) is 11.7 Å². The lowest BCUT2D eigenvalue weighted by atomic mass is 10.2. The van der Waals surface area contributed by atoms with Crippen molar-refractivity contribution < 1.29 is 9.53 Å². The normalized spacial score (nSPS) is 10.7. The Bertz CT molecular complexity index is 495. The average molecular weight is 250 g/mol. The second-order valence-corrected chi connectivity index (χ2v) is 4.60. The van der Waals surface area contributed by atoms with Crippen LogP contribution in [0.25, 0.3) is 11.0 Å². The quantitative estimate of drug-likeness (QED) is 0.402. The number of esters is 1. The summed E-state index contributed by atoms with van der Waals surface area (Å²) in [6.07, 6.45) is 0. The Labute approximate surface area is 105 Å². The molecule has 6 heteroatoms. The third kappa shape index (κ3) is 3.54. The fraction of sp³-hybridized carbons (Fsp3) is 0.333. The molecule has 0 aliphatic rings. The molecule has 5 N–H and O–H groups in total. The van der Waals surface area contributed by atoms with Crippen LogP contribution in [0.2, 0.25) is 0 Å². The first kappa shape index (κ1) is 14.1. The molecule has 1 aromatic heterocycles. The summed E-state index contributed by atoms with van der Waals surface area (Å²) in [7, 11) is 0. The number of imidazole rings is 1. The van der Waals surface area contributed by atoms with E-state index in [-0.39, 0.29) is 5.82 Å². The highest BCUT2D eigenvalue weighted by Crippen LogP contribution is 2.14. The molecule has 1 heterocycles. The van der Waals surface area contributed by atoms with E-state index in [1.54, 1.807) is 0 Å². The SMILES string of the molecule is CC(C)(C)OC(=O)c1nc2ccccc2[nH]1.NN. The van der Waals surface area contributed by atoms with Crippen molar-refractivity contribution in [1.29, 1.82) is 0 Å². The van der Waals surface area contributed by atoms with E-state index in [1.165, 1.54) is 0 Å². The van der Waals surface area contributed by atoms with Crippen molar-refractivity contribution in [3.63, 3.8) is 0 Å². The van der Waals surface area contributed by atoms with E-state index in [1.807, 2.05) is 45.0 Å². The van der Waals surface area contributed by atoms with E-state index in [0.29, 0.717) is 0 Å². The number of nitrogens with zero attached hydrogens (tertiary/aromatic N) is 1. The minimum absolute atomic E-state index is 0.246. The predicted octanol–water partition coefficient (Wildman–Crippen LogP) is 1.34. The lowest BCUT2D eigenvalue weighted by molar-refractivity contribution is 0.00572. The number of hydrogen-bond acceptors (Lipinski definition) is 5.